The molecule has 0 aromatic carbocycles. The van der Waals surface area contributed by atoms with Gasteiger partial charge in [-0.2, -0.15) is 5.48 Å². The summed E-state index contributed by atoms with van der Waals surface area (Å²) in [4.78, 5) is 5.47. The zero-order chi connectivity index (χ0) is 9.03. The molecule has 1 aliphatic rings. The number of hydrogen-bond donors (Lipinski definition) is 1. The first-order valence-corrected chi connectivity index (χ1v) is 4.68. The molecule has 2 nitrogen and oxygen atoms in total. The van der Waals surface area contributed by atoms with Gasteiger partial charge >= 0.3 is 0 Å². The summed E-state index contributed by atoms with van der Waals surface area (Å²) in [6, 6.07) is 0.415. The smallest absolute Gasteiger partial charge is 0.0813 e. The topological polar surface area (TPSA) is 21.3 Å². The minimum Gasteiger partial charge on any atom is -0.296 e. The van der Waals surface area contributed by atoms with Crippen LogP contribution in [0.5, 0.6) is 0 Å². The van der Waals surface area contributed by atoms with Crippen LogP contribution in [0, 0.1) is 0 Å². The van der Waals surface area contributed by atoms with Gasteiger partial charge < -0.3 is 0 Å². The molecule has 0 bridgehead atoms. The molecule has 1 unspecified atom stereocenters. The Morgan fingerprint density at radius 1 is 1.42 bits per heavy atom. The maximum Gasteiger partial charge on any atom is 0.0813 e. The van der Waals surface area contributed by atoms with Crippen LogP contribution in [0.2, 0.25) is 0 Å². The number of allylic oxidation sites excluding steroid dienone is 1. The van der Waals surface area contributed by atoms with Crippen molar-refractivity contribution in [2.45, 2.75) is 51.7 Å². The van der Waals surface area contributed by atoms with Gasteiger partial charge in [0.25, 0.3) is 0 Å². The van der Waals surface area contributed by atoms with Crippen molar-refractivity contribution in [1.82, 2.24) is 5.48 Å². The van der Waals surface area contributed by atoms with E-state index in [0.717, 1.165) is 0 Å². The molecule has 12 heavy (non-hydrogen) atoms. The second kappa shape index (κ2) is 4.06. The molecule has 0 heterocycles. The standard InChI is InChI=1S/C10H19NO/c1-10(2,3)12-11-9-7-5-4-6-8-9/h5,7,9,11H,4,6,8H2,1-3H3. The number of hydroxylamine groups is 1. The molecule has 1 atom stereocenters. The summed E-state index contributed by atoms with van der Waals surface area (Å²) < 4.78 is 0. The predicted molar refractivity (Wildman–Crippen MR) is 50.8 cm³/mol. The fourth-order valence-electron chi connectivity index (χ4n) is 1.16. The van der Waals surface area contributed by atoms with E-state index in [1.807, 2.05) is 20.8 Å². The molecule has 2 heteroatoms. The van der Waals surface area contributed by atoms with Crippen molar-refractivity contribution in [3.8, 4) is 0 Å². The van der Waals surface area contributed by atoms with Crippen LogP contribution in [-0.4, -0.2) is 11.6 Å². The van der Waals surface area contributed by atoms with Crippen LogP contribution in [0.3, 0.4) is 0 Å². The molecule has 70 valence electrons. The van der Waals surface area contributed by atoms with E-state index >= 15 is 0 Å². The lowest BCUT2D eigenvalue weighted by Gasteiger charge is -2.24. The lowest BCUT2D eigenvalue weighted by molar-refractivity contribution is -0.0834. The molecule has 0 fully saturated rings. The summed E-state index contributed by atoms with van der Waals surface area (Å²) in [6.45, 7) is 6.14. The second-order valence-corrected chi connectivity index (χ2v) is 4.30. The molecular weight excluding hydrogens is 150 g/mol. The largest absolute Gasteiger partial charge is 0.296 e. The van der Waals surface area contributed by atoms with E-state index < -0.39 is 0 Å². The molecule has 0 spiro atoms. The highest BCUT2D eigenvalue weighted by Gasteiger charge is 2.14. The van der Waals surface area contributed by atoms with Crippen molar-refractivity contribution in [3.05, 3.63) is 12.2 Å². The monoisotopic (exact) mass is 169 g/mol. The minimum atomic E-state index is -0.0920. The van der Waals surface area contributed by atoms with E-state index in [9.17, 15) is 0 Å². The SMILES string of the molecule is CC(C)(C)ONC1C=CCCC1. The van der Waals surface area contributed by atoms with Gasteiger partial charge in [-0.1, -0.05) is 12.2 Å². The van der Waals surface area contributed by atoms with Crippen LogP contribution in [0.25, 0.3) is 0 Å². The van der Waals surface area contributed by atoms with Crippen molar-refractivity contribution in [3.63, 3.8) is 0 Å². The molecule has 0 aromatic rings. The van der Waals surface area contributed by atoms with Gasteiger partial charge in [0.1, 0.15) is 0 Å². The first kappa shape index (κ1) is 9.75. The van der Waals surface area contributed by atoms with Crippen molar-refractivity contribution in [2.75, 3.05) is 0 Å². The van der Waals surface area contributed by atoms with Crippen LogP contribution in [0.15, 0.2) is 12.2 Å². The third kappa shape index (κ3) is 3.88. The van der Waals surface area contributed by atoms with Gasteiger partial charge in [0.15, 0.2) is 0 Å². The van der Waals surface area contributed by atoms with Crippen molar-refractivity contribution in [1.29, 1.82) is 0 Å². The third-order valence-corrected chi connectivity index (χ3v) is 1.77. The highest BCUT2D eigenvalue weighted by Crippen LogP contribution is 2.12. The van der Waals surface area contributed by atoms with E-state index in [-0.39, 0.29) is 5.60 Å². The van der Waals surface area contributed by atoms with Crippen LogP contribution in [0.1, 0.15) is 40.0 Å². The summed E-state index contributed by atoms with van der Waals surface area (Å²) in [5, 5.41) is 0. The van der Waals surface area contributed by atoms with E-state index in [0.29, 0.717) is 6.04 Å². The first-order valence-electron chi connectivity index (χ1n) is 4.68. The Balaban J connectivity index is 2.22. The quantitative estimate of drug-likeness (QED) is 0.506. The van der Waals surface area contributed by atoms with Crippen molar-refractivity contribution < 1.29 is 4.84 Å². The predicted octanol–water partition coefficient (Wildman–Crippen LogP) is 2.41. The van der Waals surface area contributed by atoms with Gasteiger partial charge in [-0.05, 0) is 40.0 Å². The van der Waals surface area contributed by atoms with Gasteiger partial charge in [-0.15, -0.1) is 0 Å². The van der Waals surface area contributed by atoms with E-state index in [2.05, 4.69) is 17.6 Å². The molecule has 0 radical (unpaired) electrons. The summed E-state index contributed by atoms with van der Waals surface area (Å²) >= 11 is 0. The fraction of sp³-hybridized carbons (Fsp3) is 0.800. The first-order chi connectivity index (χ1) is 5.58. The second-order valence-electron chi connectivity index (χ2n) is 4.30. The maximum absolute atomic E-state index is 5.47. The zero-order valence-corrected chi connectivity index (χ0v) is 8.26. The third-order valence-electron chi connectivity index (χ3n) is 1.77. The number of hydrogen-bond acceptors (Lipinski definition) is 2. The molecule has 1 N–H and O–H groups in total. The highest BCUT2D eigenvalue weighted by molar-refractivity contribution is 4.96. The van der Waals surface area contributed by atoms with Crippen LogP contribution < -0.4 is 5.48 Å². The summed E-state index contributed by atoms with van der Waals surface area (Å²) in [6.07, 6.45) is 8.07. The lowest BCUT2D eigenvalue weighted by atomic mass is 10.0. The van der Waals surface area contributed by atoms with Gasteiger partial charge in [-0.3, -0.25) is 4.84 Å². The van der Waals surface area contributed by atoms with E-state index in [1.165, 1.54) is 19.3 Å². The Hall–Kier alpha value is -0.340. The molecule has 1 rings (SSSR count). The average molecular weight is 169 g/mol. The molecule has 1 aliphatic carbocycles. The molecule has 0 saturated heterocycles. The maximum atomic E-state index is 5.47. The summed E-state index contributed by atoms with van der Waals surface area (Å²) in [5.74, 6) is 0. The van der Waals surface area contributed by atoms with Gasteiger partial charge in [0.2, 0.25) is 0 Å². The van der Waals surface area contributed by atoms with Gasteiger partial charge in [0.05, 0.1) is 11.6 Å². The molecule has 0 saturated carbocycles. The Kier molecular flexibility index (Phi) is 3.29. The Morgan fingerprint density at radius 2 is 2.17 bits per heavy atom. The molecule has 0 aromatic heterocycles. The van der Waals surface area contributed by atoms with E-state index in [4.69, 9.17) is 4.84 Å². The molecular formula is C10H19NO. The fourth-order valence-corrected chi connectivity index (χ4v) is 1.16. The lowest BCUT2D eigenvalue weighted by Crippen LogP contribution is -2.36. The van der Waals surface area contributed by atoms with Gasteiger partial charge in [0, 0.05) is 0 Å². The average Bonchev–Trinajstić information content (AvgIpc) is 2.02. The van der Waals surface area contributed by atoms with Gasteiger partial charge in [-0.25, -0.2) is 0 Å². The Morgan fingerprint density at radius 3 is 2.67 bits per heavy atom. The van der Waals surface area contributed by atoms with Crippen LogP contribution in [-0.2, 0) is 4.84 Å². The number of nitrogens with one attached hydrogen (secondary N) is 1. The molecule has 0 aliphatic heterocycles. The summed E-state index contributed by atoms with van der Waals surface area (Å²) in [5.41, 5.74) is 2.98. The number of rotatable bonds is 2. The Bertz CT molecular complexity index is 158. The molecule has 0 amide bonds. The Labute approximate surface area is 74.9 Å². The van der Waals surface area contributed by atoms with Crippen molar-refractivity contribution in [2.24, 2.45) is 0 Å². The van der Waals surface area contributed by atoms with Crippen LogP contribution >= 0.6 is 0 Å². The van der Waals surface area contributed by atoms with Crippen molar-refractivity contribution >= 4 is 0 Å². The highest BCUT2D eigenvalue weighted by atomic mass is 16.7. The summed E-state index contributed by atoms with van der Waals surface area (Å²) in [7, 11) is 0. The van der Waals surface area contributed by atoms with E-state index in [1.54, 1.807) is 0 Å². The zero-order valence-electron chi connectivity index (χ0n) is 8.26. The minimum absolute atomic E-state index is 0.0920. The van der Waals surface area contributed by atoms with Crippen LogP contribution in [0.4, 0.5) is 0 Å². The normalized spacial score (nSPS) is 24.4.